The van der Waals surface area contributed by atoms with Gasteiger partial charge in [0.05, 0.1) is 12.7 Å². The second-order valence-electron chi connectivity index (χ2n) is 4.88. The summed E-state index contributed by atoms with van der Waals surface area (Å²) in [7, 11) is 1.30. The summed E-state index contributed by atoms with van der Waals surface area (Å²) in [5.41, 5.74) is 1.27. The van der Waals surface area contributed by atoms with Crippen molar-refractivity contribution in [1.82, 2.24) is 0 Å². The Morgan fingerprint density at radius 2 is 1.74 bits per heavy atom. The summed E-state index contributed by atoms with van der Waals surface area (Å²) in [6, 6.07) is 11.5. The van der Waals surface area contributed by atoms with Crippen molar-refractivity contribution in [3.05, 3.63) is 53.6 Å². The number of amides is 1. The van der Waals surface area contributed by atoms with Crippen LogP contribution in [0.15, 0.2) is 42.5 Å². The molecule has 2 aromatic rings. The van der Waals surface area contributed by atoms with Crippen LogP contribution < -0.4 is 14.8 Å². The van der Waals surface area contributed by atoms with E-state index in [1.165, 1.54) is 13.2 Å². The van der Waals surface area contributed by atoms with Gasteiger partial charge in [0.15, 0.2) is 11.5 Å². The Balaban J connectivity index is 1.78. The highest BCUT2D eigenvalue weighted by molar-refractivity contribution is 6.05. The van der Waals surface area contributed by atoms with E-state index in [1.807, 2.05) is 0 Å². The van der Waals surface area contributed by atoms with E-state index < -0.39 is 5.97 Å². The molecule has 0 atom stereocenters. The largest absolute Gasteiger partial charge is 0.486 e. The Hall–Kier alpha value is -3.02. The minimum Gasteiger partial charge on any atom is -0.486 e. The highest BCUT2D eigenvalue weighted by Crippen LogP contribution is 2.32. The zero-order valence-corrected chi connectivity index (χ0v) is 12.5. The van der Waals surface area contributed by atoms with Gasteiger partial charge in [-0.1, -0.05) is 6.07 Å². The van der Waals surface area contributed by atoms with E-state index in [0.717, 1.165) is 0 Å². The molecule has 0 aliphatic carbocycles. The maximum Gasteiger partial charge on any atom is 0.337 e. The number of esters is 1. The van der Waals surface area contributed by atoms with E-state index in [9.17, 15) is 9.59 Å². The molecule has 0 saturated heterocycles. The Bertz CT molecular complexity index is 756. The molecule has 0 aromatic heterocycles. The van der Waals surface area contributed by atoms with Crippen molar-refractivity contribution in [3.8, 4) is 11.5 Å². The minimum absolute atomic E-state index is 0.322. The molecule has 1 aliphatic rings. The maximum atomic E-state index is 12.3. The van der Waals surface area contributed by atoms with E-state index in [2.05, 4.69) is 10.1 Å². The van der Waals surface area contributed by atoms with Crippen molar-refractivity contribution < 1.29 is 23.8 Å². The molecule has 0 spiro atoms. The summed E-state index contributed by atoms with van der Waals surface area (Å²) in [5, 5.41) is 2.77. The molecule has 0 radical (unpaired) electrons. The fourth-order valence-corrected chi connectivity index (χ4v) is 2.23. The van der Waals surface area contributed by atoms with Gasteiger partial charge in [-0.3, -0.25) is 4.79 Å². The van der Waals surface area contributed by atoms with Crippen molar-refractivity contribution in [1.29, 1.82) is 0 Å². The summed E-state index contributed by atoms with van der Waals surface area (Å²) in [6.45, 7) is 0.991. The standard InChI is InChI=1S/C17H15NO5/c1-21-17(20)12-4-2-3-11(9-12)16(19)18-13-5-6-14-15(10-13)23-8-7-22-14/h2-6,9-10H,7-8H2,1H3,(H,18,19). The van der Waals surface area contributed by atoms with E-state index >= 15 is 0 Å². The maximum absolute atomic E-state index is 12.3. The first-order valence-electron chi connectivity index (χ1n) is 7.07. The van der Waals surface area contributed by atoms with Crippen LogP contribution in [0.4, 0.5) is 5.69 Å². The first-order chi connectivity index (χ1) is 11.2. The number of hydrogen-bond acceptors (Lipinski definition) is 5. The van der Waals surface area contributed by atoms with E-state index in [1.54, 1.807) is 36.4 Å². The highest BCUT2D eigenvalue weighted by atomic mass is 16.6. The predicted molar refractivity (Wildman–Crippen MR) is 83.2 cm³/mol. The van der Waals surface area contributed by atoms with Crippen molar-refractivity contribution in [2.24, 2.45) is 0 Å². The molecule has 1 N–H and O–H groups in total. The van der Waals surface area contributed by atoms with Gasteiger partial charge in [-0.2, -0.15) is 0 Å². The lowest BCUT2D eigenvalue weighted by Crippen LogP contribution is -2.16. The lowest BCUT2D eigenvalue weighted by Gasteiger charge is -2.19. The Kier molecular flexibility index (Phi) is 4.14. The first-order valence-corrected chi connectivity index (χ1v) is 7.07. The van der Waals surface area contributed by atoms with Gasteiger partial charge in [0.25, 0.3) is 5.91 Å². The molecule has 0 fully saturated rings. The third-order valence-corrected chi connectivity index (χ3v) is 3.35. The summed E-state index contributed by atoms with van der Waals surface area (Å²) in [5.74, 6) is 0.436. The SMILES string of the molecule is COC(=O)c1cccc(C(=O)Nc2ccc3c(c2)OCCO3)c1. The predicted octanol–water partition coefficient (Wildman–Crippen LogP) is 2.50. The zero-order chi connectivity index (χ0) is 16.2. The molecule has 6 nitrogen and oxygen atoms in total. The number of ether oxygens (including phenoxy) is 3. The van der Waals surface area contributed by atoms with E-state index in [4.69, 9.17) is 9.47 Å². The molecule has 118 valence electrons. The molecule has 3 rings (SSSR count). The van der Waals surface area contributed by atoms with Gasteiger partial charge >= 0.3 is 5.97 Å². The molecule has 0 unspecified atom stereocenters. The third kappa shape index (κ3) is 3.26. The summed E-state index contributed by atoms with van der Waals surface area (Å²) in [6.07, 6.45) is 0. The van der Waals surface area contributed by atoms with Crippen LogP contribution in [-0.4, -0.2) is 32.2 Å². The van der Waals surface area contributed by atoms with E-state index in [0.29, 0.717) is 41.5 Å². The number of hydrogen-bond donors (Lipinski definition) is 1. The minimum atomic E-state index is -0.487. The second kappa shape index (κ2) is 6.39. The quantitative estimate of drug-likeness (QED) is 0.881. The van der Waals surface area contributed by atoms with Gasteiger partial charge in [0.1, 0.15) is 13.2 Å². The van der Waals surface area contributed by atoms with Gasteiger partial charge in [-0.05, 0) is 30.3 Å². The van der Waals surface area contributed by atoms with Crippen LogP contribution in [-0.2, 0) is 4.74 Å². The third-order valence-electron chi connectivity index (χ3n) is 3.35. The Labute approximate surface area is 133 Å². The topological polar surface area (TPSA) is 73.9 Å². The fraction of sp³-hybridized carbons (Fsp3) is 0.176. The molecule has 6 heteroatoms. The van der Waals surface area contributed by atoms with Gasteiger partial charge in [0.2, 0.25) is 0 Å². The number of rotatable bonds is 3. The average Bonchev–Trinajstić information content (AvgIpc) is 2.61. The summed E-state index contributed by atoms with van der Waals surface area (Å²) in [4.78, 5) is 23.8. The van der Waals surface area contributed by atoms with Gasteiger partial charge in [0, 0.05) is 17.3 Å². The second-order valence-corrected chi connectivity index (χ2v) is 4.88. The number of fused-ring (bicyclic) bond motifs is 1. The monoisotopic (exact) mass is 313 g/mol. The molecule has 0 saturated carbocycles. The first kappa shape index (κ1) is 14.9. The lowest BCUT2D eigenvalue weighted by atomic mass is 10.1. The van der Waals surface area contributed by atoms with Gasteiger partial charge < -0.3 is 19.5 Å². The van der Waals surface area contributed by atoms with Crippen LogP contribution in [0.2, 0.25) is 0 Å². The molecular weight excluding hydrogens is 298 g/mol. The van der Waals surface area contributed by atoms with Crippen molar-refractivity contribution >= 4 is 17.6 Å². The van der Waals surface area contributed by atoms with E-state index in [-0.39, 0.29) is 5.91 Å². The number of carbonyl (C=O) groups is 2. The molecule has 1 heterocycles. The Morgan fingerprint density at radius 3 is 2.52 bits per heavy atom. The zero-order valence-electron chi connectivity index (χ0n) is 12.5. The molecule has 1 aliphatic heterocycles. The molecule has 23 heavy (non-hydrogen) atoms. The van der Waals surface area contributed by atoms with Crippen LogP contribution >= 0.6 is 0 Å². The summed E-state index contributed by atoms with van der Waals surface area (Å²) >= 11 is 0. The smallest absolute Gasteiger partial charge is 0.337 e. The normalized spacial score (nSPS) is 12.4. The summed E-state index contributed by atoms with van der Waals surface area (Å²) < 4.78 is 15.6. The number of nitrogens with one attached hydrogen (secondary N) is 1. The van der Waals surface area contributed by atoms with Crippen LogP contribution in [0.3, 0.4) is 0 Å². The number of methoxy groups -OCH3 is 1. The van der Waals surface area contributed by atoms with Crippen molar-refractivity contribution in [2.75, 3.05) is 25.6 Å². The van der Waals surface area contributed by atoms with Gasteiger partial charge in [-0.25, -0.2) is 4.79 Å². The highest BCUT2D eigenvalue weighted by Gasteiger charge is 2.14. The number of anilines is 1. The van der Waals surface area contributed by atoms with Crippen LogP contribution in [0.1, 0.15) is 20.7 Å². The van der Waals surface area contributed by atoms with Crippen LogP contribution in [0.5, 0.6) is 11.5 Å². The number of benzene rings is 2. The van der Waals surface area contributed by atoms with Gasteiger partial charge in [-0.15, -0.1) is 0 Å². The van der Waals surface area contributed by atoms with Crippen LogP contribution in [0, 0.1) is 0 Å². The molecule has 1 amide bonds. The van der Waals surface area contributed by atoms with Crippen molar-refractivity contribution in [2.45, 2.75) is 0 Å². The Morgan fingerprint density at radius 1 is 1.00 bits per heavy atom. The molecule has 0 bridgehead atoms. The van der Waals surface area contributed by atoms with Crippen LogP contribution in [0.25, 0.3) is 0 Å². The molecular formula is C17H15NO5. The average molecular weight is 313 g/mol. The number of carbonyl (C=O) groups excluding carboxylic acids is 2. The van der Waals surface area contributed by atoms with Crippen molar-refractivity contribution in [3.63, 3.8) is 0 Å². The molecule has 2 aromatic carbocycles. The lowest BCUT2D eigenvalue weighted by molar-refractivity contribution is 0.0600. The fourth-order valence-electron chi connectivity index (χ4n) is 2.23.